The summed E-state index contributed by atoms with van der Waals surface area (Å²) >= 11 is 0. The lowest BCUT2D eigenvalue weighted by Gasteiger charge is -2.39. The van der Waals surface area contributed by atoms with Crippen LogP contribution in [0.4, 0.5) is 0 Å². The molecular weight excluding hydrogens is 466 g/mol. The lowest BCUT2D eigenvalue weighted by molar-refractivity contribution is -0.137. The van der Waals surface area contributed by atoms with E-state index >= 15 is 0 Å². The molecule has 5 rings (SSSR count). The van der Waals surface area contributed by atoms with Crippen LogP contribution in [0, 0.1) is 5.92 Å². The van der Waals surface area contributed by atoms with Crippen molar-refractivity contribution in [2.24, 2.45) is 5.92 Å². The molecule has 0 N–H and O–H groups in total. The zero-order valence-electron chi connectivity index (χ0n) is 21.7. The largest absolute Gasteiger partial charge is 0.484 e. The monoisotopic (exact) mass is 501 g/mol. The molecule has 7 nitrogen and oxygen atoms in total. The number of carbonyl (C=O) groups excluding carboxylic acids is 2. The van der Waals surface area contributed by atoms with E-state index in [0.717, 1.165) is 49.8 Å². The molecule has 2 amide bonds. The molecule has 3 aromatic rings. The van der Waals surface area contributed by atoms with Gasteiger partial charge in [0.25, 0.3) is 5.91 Å². The first-order valence-electron chi connectivity index (χ1n) is 13.4. The minimum absolute atomic E-state index is 0.116. The summed E-state index contributed by atoms with van der Waals surface area (Å²) in [6, 6.07) is 16.2. The second-order valence-corrected chi connectivity index (χ2v) is 9.83. The summed E-state index contributed by atoms with van der Waals surface area (Å²) in [5.41, 5.74) is 3.74. The number of aromatic nitrogens is 1. The van der Waals surface area contributed by atoms with E-state index in [2.05, 4.69) is 28.1 Å². The van der Waals surface area contributed by atoms with Gasteiger partial charge in [-0.25, -0.2) is 4.98 Å². The fourth-order valence-corrected chi connectivity index (χ4v) is 5.62. The number of hydrogen-bond acceptors (Lipinski definition) is 5. The summed E-state index contributed by atoms with van der Waals surface area (Å²) in [5, 5.41) is 0. The van der Waals surface area contributed by atoms with E-state index in [1.165, 1.54) is 11.8 Å². The molecule has 1 atom stereocenters. The topological polar surface area (TPSA) is 75.9 Å². The van der Waals surface area contributed by atoms with E-state index in [4.69, 9.17) is 9.15 Å². The van der Waals surface area contributed by atoms with Crippen LogP contribution in [0.3, 0.4) is 0 Å². The Morgan fingerprint density at radius 3 is 2.57 bits per heavy atom. The predicted molar refractivity (Wildman–Crippen MR) is 140 cm³/mol. The van der Waals surface area contributed by atoms with Crippen LogP contribution in [-0.2, 0) is 17.8 Å². The van der Waals surface area contributed by atoms with Gasteiger partial charge in [-0.3, -0.25) is 9.59 Å². The average molecular weight is 502 g/mol. The van der Waals surface area contributed by atoms with Crippen LogP contribution in [0.5, 0.6) is 5.75 Å². The van der Waals surface area contributed by atoms with Crippen LogP contribution in [-0.4, -0.2) is 46.2 Å². The molecular formula is C30H35N3O4. The van der Waals surface area contributed by atoms with Gasteiger partial charge in [0, 0.05) is 25.6 Å². The molecule has 2 aromatic carbocycles. The molecule has 1 unspecified atom stereocenters. The first-order valence-corrected chi connectivity index (χ1v) is 13.4. The number of rotatable bonds is 8. The van der Waals surface area contributed by atoms with Crippen LogP contribution < -0.4 is 4.74 Å². The number of ether oxygens (including phenoxy) is 1. The molecule has 2 aliphatic rings. The van der Waals surface area contributed by atoms with E-state index in [1.54, 1.807) is 4.90 Å². The maximum absolute atomic E-state index is 13.6. The molecule has 0 bridgehead atoms. The summed E-state index contributed by atoms with van der Waals surface area (Å²) in [6.07, 6.45) is 6.47. The van der Waals surface area contributed by atoms with Crippen molar-refractivity contribution < 1.29 is 18.7 Å². The third-order valence-electron chi connectivity index (χ3n) is 7.63. The first kappa shape index (κ1) is 25.1. The van der Waals surface area contributed by atoms with Gasteiger partial charge in [-0.15, -0.1) is 0 Å². The van der Waals surface area contributed by atoms with E-state index in [-0.39, 0.29) is 36.1 Å². The molecule has 0 radical (unpaired) electrons. The molecule has 0 spiro atoms. The van der Waals surface area contributed by atoms with Crippen molar-refractivity contribution in [3.05, 3.63) is 83.1 Å². The molecule has 7 heteroatoms. The summed E-state index contributed by atoms with van der Waals surface area (Å²) in [4.78, 5) is 34.2. The molecule has 0 saturated heterocycles. The van der Waals surface area contributed by atoms with Gasteiger partial charge < -0.3 is 19.0 Å². The van der Waals surface area contributed by atoms with Gasteiger partial charge in [0.2, 0.25) is 11.8 Å². The maximum Gasteiger partial charge on any atom is 0.275 e. The summed E-state index contributed by atoms with van der Waals surface area (Å²) in [5.74, 6) is 1.29. The van der Waals surface area contributed by atoms with Gasteiger partial charge in [0.1, 0.15) is 12.0 Å². The highest BCUT2D eigenvalue weighted by atomic mass is 16.5. The van der Waals surface area contributed by atoms with Crippen molar-refractivity contribution in [3.8, 4) is 5.75 Å². The van der Waals surface area contributed by atoms with Crippen molar-refractivity contribution >= 4 is 11.8 Å². The zero-order chi connectivity index (χ0) is 25.8. The third kappa shape index (κ3) is 5.26. The Hall–Kier alpha value is -3.61. The maximum atomic E-state index is 13.6. The van der Waals surface area contributed by atoms with E-state index < -0.39 is 0 Å². The van der Waals surface area contributed by atoms with Gasteiger partial charge in [-0.1, -0.05) is 49.2 Å². The van der Waals surface area contributed by atoms with E-state index in [0.29, 0.717) is 24.7 Å². The standard InChI is InChI=1S/C30H35N3O4/c1-3-32(4-2)30(35)26-19-37-27(31-26)20-36-24-15-14-21-16-17-33(29(34)23-12-8-9-13-23)28(25(21)18-24)22-10-6-5-7-11-22/h5-7,10-11,14-15,18-19,23,28H,3-4,8-9,12-13,16-17,20H2,1-2H3. The first-order chi connectivity index (χ1) is 18.1. The van der Waals surface area contributed by atoms with Crippen LogP contribution in [0.1, 0.15) is 78.6 Å². The van der Waals surface area contributed by atoms with Crippen LogP contribution in [0.15, 0.2) is 59.2 Å². The highest BCUT2D eigenvalue weighted by Gasteiger charge is 2.36. The van der Waals surface area contributed by atoms with Crippen molar-refractivity contribution in [3.63, 3.8) is 0 Å². The van der Waals surface area contributed by atoms with Gasteiger partial charge >= 0.3 is 0 Å². The Balaban J connectivity index is 1.37. The lowest BCUT2D eigenvalue weighted by Crippen LogP contribution is -2.43. The number of nitrogens with zero attached hydrogens (tertiary/aromatic N) is 3. The molecule has 37 heavy (non-hydrogen) atoms. The van der Waals surface area contributed by atoms with Crippen LogP contribution in [0.2, 0.25) is 0 Å². The Kier molecular flexibility index (Phi) is 7.58. The minimum atomic E-state index is -0.147. The Morgan fingerprint density at radius 2 is 1.84 bits per heavy atom. The zero-order valence-corrected chi connectivity index (χ0v) is 21.7. The number of amides is 2. The summed E-state index contributed by atoms with van der Waals surface area (Å²) in [6.45, 7) is 5.95. The van der Waals surface area contributed by atoms with Crippen LogP contribution in [0.25, 0.3) is 0 Å². The quantitative estimate of drug-likeness (QED) is 0.413. The molecule has 194 valence electrons. The second kappa shape index (κ2) is 11.2. The number of fused-ring (bicyclic) bond motifs is 1. The molecule has 1 aliphatic carbocycles. The predicted octanol–water partition coefficient (Wildman–Crippen LogP) is 5.40. The lowest BCUT2D eigenvalue weighted by atomic mass is 9.87. The van der Waals surface area contributed by atoms with Gasteiger partial charge in [-0.2, -0.15) is 0 Å². The van der Waals surface area contributed by atoms with Gasteiger partial charge in [0.05, 0.1) is 6.04 Å². The second-order valence-electron chi connectivity index (χ2n) is 9.83. The Labute approximate surface area is 218 Å². The highest BCUT2D eigenvalue weighted by molar-refractivity contribution is 5.91. The Morgan fingerprint density at radius 1 is 1.08 bits per heavy atom. The molecule has 1 aliphatic heterocycles. The number of benzene rings is 2. The molecule has 1 aromatic heterocycles. The highest BCUT2D eigenvalue weighted by Crippen LogP contribution is 2.39. The molecule has 1 fully saturated rings. The number of oxazole rings is 1. The smallest absolute Gasteiger partial charge is 0.275 e. The van der Waals surface area contributed by atoms with E-state index in [1.807, 2.05) is 44.2 Å². The number of hydrogen-bond donors (Lipinski definition) is 0. The van der Waals surface area contributed by atoms with Crippen molar-refractivity contribution in [1.29, 1.82) is 0 Å². The fourth-order valence-electron chi connectivity index (χ4n) is 5.62. The number of carbonyl (C=O) groups is 2. The van der Waals surface area contributed by atoms with Crippen molar-refractivity contribution in [2.75, 3.05) is 19.6 Å². The van der Waals surface area contributed by atoms with Crippen molar-refractivity contribution in [2.45, 2.75) is 58.6 Å². The molecule has 1 saturated carbocycles. The van der Waals surface area contributed by atoms with Crippen LogP contribution >= 0.6 is 0 Å². The summed E-state index contributed by atoms with van der Waals surface area (Å²) < 4.78 is 11.6. The Bertz CT molecular complexity index is 1230. The summed E-state index contributed by atoms with van der Waals surface area (Å²) in [7, 11) is 0. The minimum Gasteiger partial charge on any atom is -0.484 e. The third-order valence-corrected chi connectivity index (χ3v) is 7.63. The average Bonchev–Trinajstić information content (AvgIpc) is 3.65. The van der Waals surface area contributed by atoms with Crippen molar-refractivity contribution in [1.82, 2.24) is 14.8 Å². The van der Waals surface area contributed by atoms with E-state index in [9.17, 15) is 9.59 Å². The SMILES string of the molecule is CCN(CC)C(=O)c1coc(COc2ccc3c(c2)C(c2ccccc2)N(C(=O)C2CCCC2)CC3)n1. The van der Waals surface area contributed by atoms with Gasteiger partial charge in [0.15, 0.2) is 12.3 Å². The normalized spacial score (nSPS) is 17.5. The van der Waals surface area contributed by atoms with Gasteiger partial charge in [-0.05, 0) is 61.9 Å². The fraction of sp³-hybridized carbons (Fsp3) is 0.433. The molecule has 2 heterocycles.